The number of rotatable bonds is 9. The first-order valence-corrected chi connectivity index (χ1v) is 8.55. The van der Waals surface area contributed by atoms with Gasteiger partial charge in [0.05, 0.1) is 6.61 Å². The molecular formula is C15H24O3Si. The van der Waals surface area contributed by atoms with Gasteiger partial charge in [-0.3, -0.25) is 0 Å². The molecule has 0 heterocycles. The minimum Gasteiger partial charge on any atom is -0.394 e. The first kappa shape index (κ1) is 16.1. The second-order valence-corrected chi connectivity index (χ2v) is 8.04. The summed E-state index contributed by atoms with van der Waals surface area (Å²) in [5.41, 5.74) is 1.05. The van der Waals surface area contributed by atoms with Gasteiger partial charge in [0.15, 0.2) is 0 Å². The van der Waals surface area contributed by atoms with E-state index in [-0.39, 0.29) is 0 Å². The standard InChI is InChI=1S/C15H24O3Si/c1-14(2)13-18-11-8-12-19(16-3,17-4)15-9-6-5-7-10-15/h5-7,9-10H,1,8,11-13H2,2-4H3. The molecule has 106 valence electrons. The molecule has 0 saturated carbocycles. The lowest BCUT2D eigenvalue weighted by Crippen LogP contribution is -2.52. The third-order valence-corrected chi connectivity index (χ3v) is 6.56. The van der Waals surface area contributed by atoms with Crippen LogP contribution in [0.5, 0.6) is 0 Å². The topological polar surface area (TPSA) is 27.7 Å². The highest BCUT2D eigenvalue weighted by Gasteiger charge is 2.37. The Kier molecular flexibility index (Phi) is 7.01. The average Bonchev–Trinajstić information content (AvgIpc) is 2.44. The van der Waals surface area contributed by atoms with E-state index >= 15 is 0 Å². The maximum atomic E-state index is 5.74. The molecule has 0 aromatic heterocycles. The van der Waals surface area contributed by atoms with E-state index < -0.39 is 8.56 Å². The summed E-state index contributed by atoms with van der Waals surface area (Å²) in [7, 11) is 1.17. The monoisotopic (exact) mass is 280 g/mol. The highest BCUT2D eigenvalue weighted by Crippen LogP contribution is 2.15. The summed E-state index contributed by atoms with van der Waals surface area (Å²) in [5.74, 6) is 0. The van der Waals surface area contributed by atoms with Crippen LogP contribution in [0.4, 0.5) is 0 Å². The van der Waals surface area contributed by atoms with Gasteiger partial charge in [-0.15, -0.1) is 0 Å². The van der Waals surface area contributed by atoms with Crippen LogP contribution in [0.15, 0.2) is 42.5 Å². The Bertz CT molecular complexity index is 374. The molecule has 0 spiro atoms. The maximum absolute atomic E-state index is 5.74. The molecule has 0 atom stereocenters. The third kappa shape index (κ3) is 4.91. The molecule has 0 saturated heterocycles. The van der Waals surface area contributed by atoms with Crippen molar-refractivity contribution in [2.45, 2.75) is 19.4 Å². The summed E-state index contributed by atoms with van der Waals surface area (Å²) in [6, 6.07) is 11.1. The van der Waals surface area contributed by atoms with Crippen LogP contribution in [-0.4, -0.2) is 36.0 Å². The predicted octanol–water partition coefficient (Wildman–Crippen LogP) is 2.61. The van der Waals surface area contributed by atoms with Crippen LogP contribution >= 0.6 is 0 Å². The smallest absolute Gasteiger partial charge is 0.372 e. The molecule has 0 aliphatic heterocycles. The lowest BCUT2D eigenvalue weighted by atomic mass is 10.4. The van der Waals surface area contributed by atoms with E-state index in [9.17, 15) is 0 Å². The van der Waals surface area contributed by atoms with Crippen LogP contribution in [-0.2, 0) is 13.6 Å². The normalized spacial score (nSPS) is 11.5. The summed E-state index contributed by atoms with van der Waals surface area (Å²) in [6.07, 6.45) is 0.927. The van der Waals surface area contributed by atoms with Crippen molar-refractivity contribution >= 4 is 13.7 Å². The Balaban J connectivity index is 2.55. The van der Waals surface area contributed by atoms with Crippen molar-refractivity contribution in [1.82, 2.24) is 0 Å². The Labute approximate surface area is 117 Å². The number of hydrogen-bond acceptors (Lipinski definition) is 3. The first-order valence-electron chi connectivity index (χ1n) is 6.52. The van der Waals surface area contributed by atoms with Gasteiger partial charge in [0, 0.05) is 20.8 Å². The molecule has 0 fully saturated rings. The van der Waals surface area contributed by atoms with Gasteiger partial charge in [-0.2, -0.15) is 0 Å². The molecule has 19 heavy (non-hydrogen) atoms. The lowest BCUT2D eigenvalue weighted by molar-refractivity contribution is 0.153. The van der Waals surface area contributed by atoms with Crippen molar-refractivity contribution < 1.29 is 13.6 Å². The number of benzene rings is 1. The molecule has 0 aliphatic rings. The Morgan fingerprint density at radius 1 is 1.16 bits per heavy atom. The van der Waals surface area contributed by atoms with Crippen molar-refractivity contribution in [2.24, 2.45) is 0 Å². The Hall–Kier alpha value is -0.943. The molecule has 1 aromatic rings. The highest BCUT2D eigenvalue weighted by atomic mass is 28.4. The fourth-order valence-electron chi connectivity index (χ4n) is 2.01. The van der Waals surface area contributed by atoms with E-state index in [2.05, 4.69) is 18.7 Å². The van der Waals surface area contributed by atoms with E-state index in [1.54, 1.807) is 14.2 Å². The molecular weight excluding hydrogens is 256 g/mol. The Morgan fingerprint density at radius 2 is 1.79 bits per heavy atom. The average molecular weight is 280 g/mol. The maximum Gasteiger partial charge on any atom is 0.372 e. The Morgan fingerprint density at radius 3 is 2.32 bits per heavy atom. The molecule has 0 bridgehead atoms. The molecule has 1 aromatic carbocycles. The van der Waals surface area contributed by atoms with Crippen molar-refractivity contribution in [2.75, 3.05) is 27.4 Å². The van der Waals surface area contributed by atoms with Gasteiger partial charge >= 0.3 is 8.56 Å². The largest absolute Gasteiger partial charge is 0.394 e. The fourth-order valence-corrected chi connectivity index (χ4v) is 4.66. The van der Waals surface area contributed by atoms with E-state index in [1.165, 1.54) is 5.19 Å². The minimum atomic E-state index is -2.30. The second-order valence-electron chi connectivity index (χ2n) is 4.64. The van der Waals surface area contributed by atoms with Crippen LogP contribution in [0.2, 0.25) is 6.04 Å². The lowest BCUT2D eigenvalue weighted by Gasteiger charge is -2.27. The van der Waals surface area contributed by atoms with Gasteiger partial charge in [0.1, 0.15) is 0 Å². The summed E-state index contributed by atoms with van der Waals surface area (Å²) < 4.78 is 17.0. The van der Waals surface area contributed by atoms with E-state index in [0.29, 0.717) is 13.2 Å². The van der Waals surface area contributed by atoms with Crippen molar-refractivity contribution in [3.63, 3.8) is 0 Å². The number of ether oxygens (including phenoxy) is 1. The van der Waals surface area contributed by atoms with Gasteiger partial charge in [0.25, 0.3) is 0 Å². The molecule has 0 N–H and O–H groups in total. The van der Waals surface area contributed by atoms with Gasteiger partial charge in [-0.05, 0) is 24.6 Å². The van der Waals surface area contributed by atoms with Crippen LogP contribution in [0.25, 0.3) is 0 Å². The predicted molar refractivity (Wildman–Crippen MR) is 80.9 cm³/mol. The summed E-state index contributed by atoms with van der Waals surface area (Å²) in [4.78, 5) is 0. The van der Waals surface area contributed by atoms with Crippen molar-refractivity contribution in [3.05, 3.63) is 42.5 Å². The first-order chi connectivity index (χ1) is 9.14. The SMILES string of the molecule is C=C(C)COCCC[Si](OC)(OC)c1ccccc1. The molecule has 4 heteroatoms. The van der Waals surface area contributed by atoms with Crippen molar-refractivity contribution in [1.29, 1.82) is 0 Å². The van der Waals surface area contributed by atoms with E-state index in [0.717, 1.165) is 18.0 Å². The van der Waals surface area contributed by atoms with Crippen LogP contribution in [0, 0.1) is 0 Å². The van der Waals surface area contributed by atoms with E-state index in [1.807, 2.05) is 25.1 Å². The second kappa shape index (κ2) is 8.27. The van der Waals surface area contributed by atoms with Crippen LogP contribution < -0.4 is 5.19 Å². The molecule has 0 aliphatic carbocycles. The summed E-state index contributed by atoms with van der Waals surface area (Å²) >= 11 is 0. The van der Waals surface area contributed by atoms with Crippen LogP contribution in [0.3, 0.4) is 0 Å². The zero-order valence-electron chi connectivity index (χ0n) is 12.1. The van der Waals surface area contributed by atoms with Crippen LogP contribution in [0.1, 0.15) is 13.3 Å². The minimum absolute atomic E-state index is 0.625. The fraction of sp³-hybridized carbons (Fsp3) is 0.467. The number of hydrogen-bond donors (Lipinski definition) is 0. The zero-order valence-corrected chi connectivity index (χ0v) is 13.1. The van der Waals surface area contributed by atoms with Gasteiger partial charge in [0.2, 0.25) is 0 Å². The quantitative estimate of drug-likeness (QED) is 0.395. The molecule has 3 nitrogen and oxygen atoms in total. The van der Waals surface area contributed by atoms with Crippen molar-refractivity contribution in [3.8, 4) is 0 Å². The van der Waals surface area contributed by atoms with E-state index in [4.69, 9.17) is 13.6 Å². The summed E-state index contributed by atoms with van der Waals surface area (Å²) in [6.45, 7) is 7.12. The molecule has 1 rings (SSSR count). The zero-order chi connectivity index (χ0) is 14.1. The van der Waals surface area contributed by atoms with Gasteiger partial charge < -0.3 is 13.6 Å². The van der Waals surface area contributed by atoms with Gasteiger partial charge in [-0.1, -0.05) is 42.5 Å². The molecule has 0 unspecified atom stereocenters. The molecule has 0 amide bonds. The summed E-state index contributed by atoms with van der Waals surface area (Å²) in [5, 5.41) is 1.17. The highest BCUT2D eigenvalue weighted by molar-refractivity contribution is 6.81. The third-order valence-electron chi connectivity index (χ3n) is 3.02. The van der Waals surface area contributed by atoms with Gasteiger partial charge in [-0.25, -0.2) is 0 Å². The molecule has 0 radical (unpaired) electrons.